The highest BCUT2D eigenvalue weighted by Gasteiger charge is 2.08. The van der Waals surface area contributed by atoms with Crippen molar-refractivity contribution in [3.63, 3.8) is 0 Å². The van der Waals surface area contributed by atoms with Gasteiger partial charge in [-0.15, -0.1) is 0 Å². The first-order valence-corrected chi connectivity index (χ1v) is 8.58. The molecule has 0 saturated heterocycles. The van der Waals surface area contributed by atoms with E-state index in [1.807, 2.05) is 37.3 Å². The van der Waals surface area contributed by atoms with Crippen LogP contribution in [0.25, 0.3) is 6.08 Å². The zero-order valence-corrected chi connectivity index (χ0v) is 13.5. The molecule has 1 amide bonds. The van der Waals surface area contributed by atoms with Crippen LogP contribution in [-0.2, 0) is 14.8 Å². The van der Waals surface area contributed by atoms with E-state index >= 15 is 0 Å². The van der Waals surface area contributed by atoms with Gasteiger partial charge in [-0.3, -0.25) is 4.79 Å². The zero-order chi connectivity index (χ0) is 16.7. The van der Waals surface area contributed by atoms with Crippen molar-refractivity contribution in [1.29, 1.82) is 0 Å². The van der Waals surface area contributed by atoms with Crippen molar-refractivity contribution in [2.24, 2.45) is 0 Å². The molecule has 2 N–H and O–H groups in total. The quantitative estimate of drug-likeness (QED) is 0.854. The lowest BCUT2D eigenvalue weighted by Gasteiger charge is -2.05. The number of amides is 1. The van der Waals surface area contributed by atoms with E-state index < -0.39 is 15.9 Å². The molecule has 0 spiro atoms. The van der Waals surface area contributed by atoms with Gasteiger partial charge in [0, 0.05) is 11.1 Å². The molecular formula is C17H18N2O3S. The Hall–Kier alpha value is -2.44. The monoisotopic (exact) mass is 330 g/mol. The largest absolute Gasteiger partial charge is 0.325 e. The summed E-state index contributed by atoms with van der Waals surface area (Å²) in [5, 5.41) is 3.65. The van der Waals surface area contributed by atoms with Gasteiger partial charge < -0.3 is 5.32 Å². The number of sulfonamides is 1. The highest BCUT2D eigenvalue weighted by molar-refractivity contribution is 7.92. The van der Waals surface area contributed by atoms with Crippen molar-refractivity contribution in [1.82, 2.24) is 4.72 Å². The molecule has 0 aliphatic rings. The van der Waals surface area contributed by atoms with Crippen LogP contribution < -0.4 is 10.0 Å². The molecule has 6 heteroatoms. The lowest BCUT2D eigenvalue weighted by atomic mass is 10.2. The minimum atomic E-state index is -3.67. The Morgan fingerprint density at radius 1 is 1.04 bits per heavy atom. The van der Waals surface area contributed by atoms with Gasteiger partial charge in [-0.2, -0.15) is 0 Å². The van der Waals surface area contributed by atoms with Crippen molar-refractivity contribution in [2.45, 2.75) is 6.92 Å². The fourth-order valence-corrected chi connectivity index (χ4v) is 2.55. The average Bonchev–Trinajstić information content (AvgIpc) is 2.54. The van der Waals surface area contributed by atoms with Gasteiger partial charge in [0.25, 0.3) is 0 Å². The second-order valence-electron chi connectivity index (χ2n) is 4.99. The second-order valence-corrected chi connectivity index (χ2v) is 6.64. The third-order valence-corrected chi connectivity index (χ3v) is 4.05. The summed E-state index contributed by atoms with van der Waals surface area (Å²) in [5.74, 6) is -0.427. The van der Waals surface area contributed by atoms with Gasteiger partial charge in [-0.05, 0) is 30.7 Å². The lowest BCUT2D eigenvalue weighted by Crippen LogP contribution is -2.31. The van der Waals surface area contributed by atoms with Gasteiger partial charge in [0.15, 0.2) is 0 Å². The summed E-state index contributed by atoms with van der Waals surface area (Å²) >= 11 is 0. The minimum Gasteiger partial charge on any atom is -0.325 e. The Kier molecular flexibility index (Phi) is 5.67. The van der Waals surface area contributed by atoms with Gasteiger partial charge in [0.1, 0.15) is 0 Å². The smallest absolute Gasteiger partial charge is 0.239 e. The molecule has 23 heavy (non-hydrogen) atoms. The third kappa shape index (κ3) is 6.06. The molecule has 0 aromatic heterocycles. The van der Waals surface area contributed by atoms with E-state index in [0.29, 0.717) is 5.69 Å². The van der Waals surface area contributed by atoms with Crippen molar-refractivity contribution >= 4 is 27.7 Å². The van der Waals surface area contributed by atoms with Crippen molar-refractivity contribution in [2.75, 3.05) is 11.9 Å². The fourth-order valence-electron chi connectivity index (χ4n) is 1.79. The van der Waals surface area contributed by atoms with E-state index in [1.165, 1.54) is 6.08 Å². The molecule has 0 heterocycles. The predicted molar refractivity (Wildman–Crippen MR) is 92.2 cm³/mol. The Morgan fingerprint density at radius 2 is 1.70 bits per heavy atom. The third-order valence-electron chi connectivity index (χ3n) is 3.01. The molecule has 0 aliphatic carbocycles. The summed E-state index contributed by atoms with van der Waals surface area (Å²) in [5.41, 5.74) is 2.49. The number of aryl methyl sites for hydroxylation is 1. The normalized spacial score (nSPS) is 11.5. The maximum Gasteiger partial charge on any atom is 0.239 e. The summed E-state index contributed by atoms with van der Waals surface area (Å²) in [4.78, 5) is 11.7. The van der Waals surface area contributed by atoms with E-state index in [4.69, 9.17) is 0 Å². The molecule has 0 atom stereocenters. The topological polar surface area (TPSA) is 75.3 Å². The van der Waals surface area contributed by atoms with Crippen LogP contribution in [0.15, 0.2) is 60.0 Å². The number of hydrogen-bond acceptors (Lipinski definition) is 3. The Labute approximate surface area is 136 Å². The van der Waals surface area contributed by atoms with Crippen molar-refractivity contribution < 1.29 is 13.2 Å². The molecule has 0 aliphatic heterocycles. The highest BCUT2D eigenvalue weighted by Crippen LogP contribution is 2.06. The minimum absolute atomic E-state index is 0.324. The van der Waals surface area contributed by atoms with E-state index in [0.717, 1.165) is 16.5 Å². The number of hydrogen-bond donors (Lipinski definition) is 2. The maximum absolute atomic E-state index is 11.8. The highest BCUT2D eigenvalue weighted by atomic mass is 32.2. The number of nitrogens with one attached hydrogen (secondary N) is 2. The molecule has 0 unspecified atom stereocenters. The number of carbonyl (C=O) groups excluding carboxylic acids is 1. The first-order chi connectivity index (χ1) is 10.9. The van der Waals surface area contributed by atoms with Gasteiger partial charge in [0.2, 0.25) is 15.9 Å². The molecule has 2 aromatic carbocycles. The number of carbonyl (C=O) groups is 1. The number of benzene rings is 2. The van der Waals surface area contributed by atoms with Crippen molar-refractivity contribution in [3.8, 4) is 0 Å². The number of para-hydroxylation sites is 1. The molecule has 0 radical (unpaired) electrons. The number of rotatable bonds is 6. The van der Waals surface area contributed by atoms with E-state index in [-0.39, 0.29) is 6.54 Å². The van der Waals surface area contributed by atoms with Crippen LogP contribution in [0.4, 0.5) is 5.69 Å². The fraction of sp³-hybridized carbons (Fsp3) is 0.118. The molecule has 0 fully saturated rings. The number of anilines is 1. The summed E-state index contributed by atoms with van der Waals surface area (Å²) in [6.45, 7) is 1.63. The van der Waals surface area contributed by atoms with Gasteiger partial charge >= 0.3 is 0 Å². The maximum atomic E-state index is 11.8. The van der Waals surface area contributed by atoms with Crippen molar-refractivity contribution in [3.05, 3.63) is 71.1 Å². The van der Waals surface area contributed by atoms with E-state index in [9.17, 15) is 13.2 Å². The van der Waals surface area contributed by atoms with E-state index in [1.54, 1.807) is 24.3 Å². The SMILES string of the molecule is Cc1ccc(C=CS(=O)(=O)NCC(=O)Nc2ccccc2)cc1. The van der Waals surface area contributed by atoms with Gasteiger partial charge in [-0.25, -0.2) is 13.1 Å². The average molecular weight is 330 g/mol. The zero-order valence-electron chi connectivity index (χ0n) is 12.7. The molecule has 2 rings (SSSR count). The Bertz CT molecular complexity index is 782. The van der Waals surface area contributed by atoms with Crippen LogP contribution in [0.3, 0.4) is 0 Å². The first-order valence-electron chi connectivity index (χ1n) is 7.04. The molecular weight excluding hydrogens is 312 g/mol. The van der Waals surface area contributed by atoms with Crippen LogP contribution in [0, 0.1) is 6.92 Å². The second kappa shape index (κ2) is 7.71. The summed E-state index contributed by atoms with van der Waals surface area (Å²) in [7, 11) is -3.67. The molecule has 2 aromatic rings. The first kappa shape index (κ1) is 16.9. The van der Waals surface area contributed by atoms with Gasteiger partial charge in [-0.1, -0.05) is 48.0 Å². The molecule has 0 saturated carbocycles. The van der Waals surface area contributed by atoms with Crippen LogP contribution in [0.1, 0.15) is 11.1 Å². The predicted octanol–water partition coefficient (Wildman–Crippen LogP) is 2.52. The van der Waals surface area contributed by atoms with Crippen LogP contribution >= 0.6 is 0 Å². The Balaban J connectivity index is 1.88. The summed E-state index contributed by atoms with van der Waals surface area (Å²) < 4.78 is 25.9. The summed E-state index contributed by atoms with van der Waals surface area (Å²) in [6, 6.07) is 16.3. The van der Waals surface area contributed by atoms with Gasteiger partial charge in [0.05, 0.1) is 6.54 Å². The Morgan fingerprint density at radius 3 is 2.35 bits per heavy atom. The standard InChI is InChI=1S/C17H18N2O3S/c1-14-7-9-15(10-8-14)11-12-23(21,22)18-13-17(20)19-16-5-3-2-4-6-16/h2-12,18H,13H2,1H3,(H,19,20). The molecule has 120 valence electrons. The van der Waals surface area contributed by atoms with E-state index in [2.05, 4.69) is 10.0 Å². The van der Waals surface area contributed by atoms with Crippen LogP contribution in [0.2, 0.25) is 0 Å². The molecule has 5 nitrogen and oxygen atoms in total. The van der Waals surface area contributed by atoms with Crippen LogP contribution in [0.5, 0.6) is 0 Å². The lowest BCUT2D eigenvalue weighted by molar-refractivity contribution is -0.115. The summed E-state index contributed by atoms with van der Waals surface area (Å²) in [6.07, 6.45) is 1.48. The molecule has 0 bridgehead atoms. The van der Waals surface area contributed by atoms with Crippen LogP contribution in [-0.4, -0.2) is 20.9 Å².